The molecule has 0 bridgehead atoms. The molecular formula is C10H14N4. The molecule has 1 aromatic rings. The fraction of sp³-hybridized carbons (Fsp3) is 0.300. The molecule has 0 saturated heterocycles. The van der Waals surface area contributed by atoms with E-state index in [2.05, 4.69) is 15.6 Å². The van der Waals surface area contributed by atoms with Gasteiger partial charge in [-0.15, -0.1) is 0 Å². The molecule has 0 atom stereocenters. The molecule has 1 heterocycles. The van der Waals surface area contributed by atoms with Crippen molar-refractivity contribution in [1.82, 2.24) is 5.32 Å². The number of para-hydroxylation sites is 1. The Labute approximate surface area is 83.2 Å². The van der Waals surface area contributed by atoms with Crippen molar-refractivity contribution in [1.29, 1.82) is 0 Å². The Morgan fingerprint density at radius 2 is 2.29 bits per heavy atom. The molecule has 4 heteroatoms. The molecule has 1 aliphatic heterocycles. The van der Waals surface area contributed by atoms with Crippen LogP contribution in [0.15, 0.2) is 29.3 Å². The molecule has 0 unspecified atom stereocenters. The van der Waals surface area contributed by atoms with Crippen molar-refractivity contribution in [2.45, 2.75) is 6.54 Å². The molecule has 1 aromatic carbocycles. The number of nitrogens with two attached hydrogens (primary N) is 1. The van der Waals surface area contributed by atoms with E-state index in [-0.39, 0.29) is 0 Å². The Bertz CT molecular complexity index is 346. The summed E-state index contributed by atoms with van der Waals surface area (Å²) >= 11 is 0. The van der Waals surface area contributed by atoms with Crippen LogP contribution in [0.5, 0.6) is 0 Å². The summed E-state index contributed by atoms with van der Waals surface area (Å²) in [6.45, 7) is 2.29. The zero-order valence-electron chi connectivity index (χ0n) is 7.96. The van der Waals surface area contributed by atoms with Gasteiger partial charge in [0.15, 0.2) is 5.96 Å². The Morgan fingerprint density at radius 3 is 3.00 bits per heavy atom. The third-order valence-electron chi connectivity index (χ3n) is 2.16. The number of rotatable bonds is 2. The predicted molar refractivity (Wildman–Crippen MR) is 58.3 cm³/mol. The van der Waals surface area contributed by atoms with Crippen LogP contribution in [0.25, 0.3) is 0 Å². The van der Waals surface area contributed by atoms with Crippen molar-refractivity contribution in [3.8, 4) is 0 Å². The third kappa shape index (κ3) is 1.85. The first-order valence-corrected chi connectivity index (χ1v) is 4.73. The van der Waals surface area contributed by atoms with E-state index in [0.29, 0.717) is 6.54 Å². The highest BCUT2D eigenvalue weighted by Gasteiger charge is 2.06. The van der Waals surface area contributed by atoms with Crippen LogP contribution >= 0.6 is 0 Å². The summed E-state index contributed by atoms with van der Waals surface area (Å²) in [5.74, 6) is 0.839. The predicted octanol–water partition coefficient (Wildman–Crippen LogP) is 0.516. The van der Waals surface area contributed by atoms with E-state index in [1.54, 1.807) is 0 Å². The molecule has 2 rings (SSSR count). The van der Waals surface area contributed by atoms with Crippen molar-refractivity contribution in [3.63, 3.8) is 0 Å². The van der Waals surface area contributed by atoms with Gasteiger partial charge in [0.25, 0.3) is 0 Å². The van der Waals surface area contributed by atoms with Crippen molar-refractivity contribution < 1.29 is 0 Å². The number of benzene rings is 1. The van der Waals surface area contributed by atoms with Crippen LogP contribution in [0.2, 0.25) is 0 Å². The first-order chi connectivity index (χ1) is 6.90. The summed E-state index contributed by atoms with van der Waals surface area (Å²) in [6.07, 6.45) is 0. The minimum atomic E-state index is 0.538. The van der Waals surface area contributed by atoms with Gasteiger partial charge in [0, 0.05) is 18.8 Å². The second-order valence-corrected chi connectivity index (χ2v) is 3.14. The van der Waals surface area contributed by atoms with Gasteiger partial charge in [-0.3, -0.25) is 4.99 Å². The first kappa shape index (κ1) is 9.02. The lowest BCUT2D eigenvalue weighted by Gasteiger charge is -2.10. The maximum Gasteiger partial charge on any atom is 0.195 e. The molecular weight excluding hydrogens is 176 g/mol. The molecule has 0 aromatic heterocycles. The van der Waals surface area contributed by atoms with Crippen molar-refractivity contribution in [3.05, 3.63) is 29.8 Å². The average molecular weight is 190 g/mol. The largest absolute Gasteiger partial charge is 0.354 e. The minimum absolute atomic E-state index is 0.538. The Balaban J connectivity index is 2.15. The van der Waals surface area contributed by atoms with Crippen LogP contribution in [0.3, 0.4) is 0 Å². The fourth-order valence-electron chi connectivity index (χ4n) is 1.43. The number of hydrogen-bond donors (Lipinski definition) is 3. The second-order valence-electron chi connectivity index (χ2n) is 3.14. The minimum Gasteiger partial charge on any atom is -0.354 e. The summed E-state index contributed by atoms with van der Waals surface area (Å²) in [6, 6.07) is 7.98. The zero-order chi connectivity index (χ0) is 9.80. The van der Waals surface area contributed by atoms with Gasteiger partial charge in [0.2, 0.25) is 0 Å². The van der Waals surface area contributed by atoms with Crippen molar-refractivity contribution in [2.24, 2.45) is 10.7 Å². The van der Waals surface area contributed by atoms with Gasteiger partial charge < -0.3 is 16.4 Å². The molecule has 4 N–H and O–H groups in total. The Kier molecular flexibility index (Phi) is 2.65. The lowest BCUT2D eigenvalue weighted by atomic mass is 10.2. The first-order valence-electron chi connectivity index (χ1n) is 4.73. The third-order valence-corrected chi connectivity index (χ3v) is 2.16. The number of nitrogens with one attached hydrogen (secondary N) is 2. The summed E-state index contributed by atoms with van der Waals surface area (Å²) in [5, 5.41) is 6.37. The van der Waals surface area contributed by atoms with E-state index in [1.165, 1.54) is 0 Å². The Morgan fingerprint density at radius 1 is 1.43 bits per heavy atom. The molecule has 4 nitrogen and oxygen atoms in total. The summed E-state index contributed by atoms with van der Waals surface area (Å²) in [4.78, 5) is 4.26. The second kappa shape index (κ2) is 4.11. The fourth-order valence-corrected chi connectivity index (χ4v) is 1.43. The van der Waals surface area contributed by atoms with Crippen LogP contribution in [0.4, 0.5) is 5.69 Å². The standard InChI is InChI=1S/C10H14N4/c11-7-8-3-1-2-4-9(8)14-10-12-5-6-13-10/h1-4H,5-7,11H2,(H2,12,13,14). The summed E-state index contributed by atoms with van der Waals surface area (Å²) in [5.41, 5.74) is 7.76. The number of aliphatic imine (C=N–C) groups is 1. The molecule has 0 radical (unpaired) electrons. The van der Waals surface area contributed by atoms with Gasteiger partial charge in [-0.1, -0.05) is 18.2 Å². The van der Waals surface area contributed by atoms with Gasteiger partial charge >= 0.3 is 0 Å². The summed E-state index contributed by atoms with van der Waals surface area (Å²) < 4.78 is 0. The van der Waals surface area contributed by atoms with E-state index >= 15 is 0 Å². The molecule has 0 spiro atoms. The van der Waals surface area contributed by atoms with E-state index in [0.717, 1.165) is 30.3 Å². The van der Waals surface area contributed by atoms with Crippen LogP contribution in [-0.4, -0.2) is 19.0 Å². The molecule has 0 fully saturated rings. The number of hydrogen-bond acceptors (Lipinski definition) is 4. The van der Waals surface area contributed by atoms with Gasteiger partial charge in [-0.05, 0) is 11.6 Å². The summed E-state index contributed by atoms with van der Waals surface area (Å²) in [7, 11) is 0. The van der Waals surface area contributed by atoms with Gasteiger partial charge in [0.1, 0.15) is 0 Å². The van der Waals surface area contributed by atoms with Crippen molar-refractivity contribution >= 4 is 11.6 Å². The maximum absolute atomic E-state index is 5.62. The lowest BCUT2D eigenvalue weighted by Crippen LogP contribution is -2.26. The molecule has 0 amide bonds. The normalized spacial score (nSPS) is 14.8. The lowest BCUT2D eigenvalue weighted by molar-refractivity contribution is 0.958. The number of nitrogens with zero attached hydrogens (tertiary/aromatic N) is 1. The molecule has 0 aliphatic carbocycles. The average Bonchev–Trinajstić information content (AvgIpc) is 2.71. The molecule has 14 heavy (non-hydrogen) atoms. The number of anilines is 1. The van der Waals surface area contributed by atoms with E-state index in [4.69, 9.17) is 5.73 Å². The SMILES string of the molecule is NCc1ccccc1NC1=NCCN1. The highest BCUT2D eigenvalue weighted by atomic mass is 15.2. The highest BCUT2D eigenvalue weighted by Crippen LogP contribution is 2.13. The molecule has 0 saturated carbocycles. The van der Waals surface area contributed by atoms with Gasteiger partial charge in [0.05, 0.1) is 6.54 Å². The van der Waals surface area contributed by atoms with Crippen LogP contribution in [0, 0.1) is 0 Å². The van der Waals surface area contributed by atoms with Gasteiger partial charge in [-0.2, -0.15) is 0 Å². The van der Waals surface area contributed by atoms with Crippen molar-refractivity contribution in [2.75, 3.05) is 18.4 Å². The zero-order valence-corrected chi connectivity index (χ0v) is 7.96. The highest BCUT2D eigenvalue weighted by molar-refractivity contribution is 5.95. The topological polar surface area (TPSA) is 62.4 Å². The van der Waals surface area contributed by atoms with E-state index < -0.39 is 0 Å². The number of guanidine groups is 1. The monoisotopic (exact) mass is 190 g/mol. The van der Waals surface area contributed by atoms with Crippen LogP contribution < -0.4 is 16.4 Å². The van der Waals surface area contributed by atoms with Crippen LogP contribution in [0.1, 0.15) is 5.56 Å². The van der Waals surface area contributed by atoms with E-state index in [1.807, 2.05) is 24.3 Å². The Hall–Kier alpha value is -1.55. The maximum atomic E-state index is 5.62. The van der Waals surface area contributed by atoms with Gasteiger partial charge in [-0.25, -0.2) is 0 Å². The molecule has 1 aliphatic rings. The molecule has 74 valence electrons. The quantitative estimate of drug-likeness (QED) is 0.637. The smallest absolute Gasteiger partial charge is 0.195 e. The van der Waals surface area contributed by atoms with E-state index in [9.17, 15) is 0 Å². The van der Waals surface area contributed by atoms with Crippen LogP contribution in [-0.2, 0) is 6.54 Å².